The first kappa shape index (κ1) is 25.1. The van der Waals surface area contributed by atoms with Gasteiger partial charge < -0.3 is 14.5 Å². The fourth-order valence-electron chi connectivity index (χ4n) is 6.10. The van der Waals surface area contributed by atoms with Crippen LogP contribution in [0, 0.1) is 6.92 Å². The number of fused-ring (bicyclic) bond motifs is 4. The van der Waals surface area contributed by atoms with Crippen molar-refractivity contribution >= 4 is 38.9 Å². The van der Waals surface area contributed by atoms with Crippen molar-refractivity contribution in [1.82, 2.24) is 19.5 Å². The molecule has 7 heteroatoms. The Hall–Kier alpha value is -5.69. The van der Waals surface area contributed by atoms with Crippen molar-refractivity contribution in [2.45, 2.75) is 6.92 Å². The van der Waals surface area contributed by atoms with Crippen LogP contribution >= 0.6 is 0 Å². The van der Waals surface area contributed by atoms with Gasteiger partial charge in [-0.25, -0.2) is 9.97 Å². The summed E-state index contributed by atoms with van der Waals surface area (Å²) in [5.41, 5.74) is 8.86. The van der Waals surface area contributed by atoms with E-state index >= 15 is 0 Å². The number of rotatable bonds is 5. The first-order chi connectivity index (χ1) is 21.1. The van der Waals surface area contributed by atoms with Gasteiger partial charge in [-0.3, -0.25) is 9.55 Å². The van der Waals surface area contributed by atoms with E-state index in [1.165, 1.54) is 16.8 Å². The fourth-order valence-corrected chi connectivity index (χ4v) is 6.10. The first-order valence-corrected chi connectivity index (χ1v) is 14.3. The molecule has 0 saturated heterocycles. The number of para-hydroxylation sites is 3. The molecule has 0 radical (unpaired) electrons. The normalized spacial score (nSPS) is 12.7. The highest BCUT2D eigenvalue weighted by atomic mass is 16.5. The summed E-state index contributed by atoms with van der Waals surface area (Å²) in [7, 11) is 2.11. The molecule has 208 valence electrons. The Balaban J connectivity index is 1.19. The molecular formula is C36H28N6O. The average Bonchev–Trinajstić information content (AvgIpc) is 3.56. The van der Waals surface area contributed by atoms with Gasteiger partial charge in [0.1, 0.15) is 11.6 Å². The van der Waals surface area contributed by atoms with Crippen LogP contribution in [0.1, 0.15) is 5.56 Å². The third-order valence-corrected chi connectivity index (χ3v) is 8.15. The minimum Gasteiger partial charge on any atom is -0.439 e. The molecule has 5 heterocycles. The summed E-state index contributed by atoms with van der Waals surface area (Å²) in [6.07, 6.45) is 7.37. The van der Waals surface area contributed by atoms with Gasteiger partial charge in [-0.2, -0.15) is 0 Å². The number of ether oxygens (including phenoxy) is 1. The van der Waals surface area contributed by atoms with Gasteiger partial charge in [0.05, 0.1) is 29.1 Å². The number of hydrogen-bond acceptors (Lipinski definition) is 6. The Morgan fingerprint density at radius 2 is 1.51 bits per heavy atom. The van der Waals surface area contributed by atoms with Crippen molar-refractivity contribution < 1.29 is 4.74 Å². The second kappa shape index (κ2) is 9.99. The molecule has 0 saturated carbocycles. The third kappa shape index (κ3) is 4.25. The van der Waals surface area contributed by atoms with E-state index in [1.54, 1.807) is 6.20 Å². The summed E-state index contributed by atoms with van der Waals surface area (Å²) in [6, 6.07) is 33.3. The van der Waals surface area contributed by atoms with E-state index < -0.39 is 0 Å². The van der Waals surface area contributed by atoms with Gasteiger partial charge in [-0.1, -0.05) is 30.3 Å². The molecule has 7 nitrogen and oxygen atoms in total. The Labute approximate surface area is 249 Å². The molecule has 3 aromatic carbocycles. The van der Waals surface area contributed by atoms with Crippen LogP contribution in [0.2, 0.25) is 0 Å². The molecule has 7 aromatic rings. The van der Waals surface area contributed by atoms with Gasteiger partial charge in [-0.05, 0) is 72.6 Å². The number of pyridine rings is 3. The predicted octanol–water partition coefficient (Wildman–Crippen LogP) is 8.28. The second-order valence-electron chi connectivity index (χ2n) is 10.8. The maximum absolute atomic E-state index is 6.40. The highest BCUT2D eigenvalue weighted by Gasteiger charge is 2.24. The lowest BCUT2D eigenvalue weighted by molar-refractivity contribution is 0.463. The standard InChI is InChI=1S/C36H28N6O/c1-24-19-35(39-22-30(24)25-13-16-37-17-14-25)42-31-8-4-3-7-28(31)29-12-11-27(21-34(29)42)43-36-20-26(15-18-38-36)41-23-40(2)32-9-5-6-10-33(32)41/h3-22H,23H2,1-2H3. The Kier molecular flexibility index (Phi) is 5.82. The number of aryl methyl sites for hydroxylation is 1. The molecule has 0 aliphatic carbocycles. The Bertz CT molecular complexity index is 2140. The second-order valence-corrected chi connectivity index (χ2v) is 10.8. The smallest absolute Gasteiger partial charge is 0.221 e. The van der Waals surface area contributed by atoms with Gasteiger partial charge in [0.15, 0.2) is 0 Å². The van der Waals surface area contributed by atoms with E-state index in [-0.39, 0.29) is 0 Å². The molecule has 0 amide bonds. The van der Waals surface area contributed by atoms with Gasteiger partial charge >= 0.3 is 0 Å². The average molecular weight is 561 g/mol. The predicted molar refractivity (Wildman–Crippen MR) is 173 cm³/mol. The Morgan fingerprint density at radius 1 is 0.721 bits per heavy atom. The highest BCUT2D eigenvalue weighted by molar-refractivity contribution is 6.09. The molecule has 43 heavy (non-hydrogen) atoms. The lowest BCUT2D eigenvalue weighted by Gasteiger charge is -2.20. The summed E-state index contributed by atoms with van der Waals surface area (Å²) in [4.78, 5) is 18.1. The van der Waals surface area contributed by atoms with Crippen molar-refractivity contribution in [3.05, 3.63) is 127 Å². The Morgan fingerprint density at radius 3 is 2.37 bits per heavy atom. The zero-order valence-corrected chi connectivity index (χ0v) is 23.8. The van der Waals surface area contributed by atoms with E-state index in [0.29, 0.717) is 11.6 Å². The van der Waals surface area contributed by atoms with Crippen molar-refractivity contribution in [1.29, 1.82) is 0 Å². The summed E-state index contributed by atoms with van der Waals surface area (Å²) in [5.74, 6) is 2.11. The van der Waals surface area contributed by atoms with Crippen molar-refractivity contribution in [3.63, 3.8) is 0 Å². The van der Waals surface area contributed by atoms with Crippen LogP contribution in [0.3, 0.4) is 0 Å². The minimum absolute atomic E-state index is 0.544. The minimum atomic E-state index is 0.544. The molecule has 0 N–H and O–H groups in total. The number of benzene rings is 3. The fraction of sp³-hybridized carbons (Fsp3) is 0.0833. The van der Waals surface area contributed by atoms with Crippen LogP contribution in [0.5, 0.6) is 11.6 Å². The molecule has 8 rings (SSSR count). The summed E-state index contributed by atoms with van der Waals surface area (Å²) < 4.78 is 8.61. The van der Waals surface area contributed by atoms with E-state index in [9.17, 15) is 0 Å². The summed E-state index contributed by atoms with van der Waals surface area (Å²) in [5, 5.41) is 2.30. The first-order valence-electron chi connectivity index (χ1n) is 14.3. The lowest BCUT2D eigenvalue weighted by Crippen LogP contribution is -2.23. The van der Waals surface area contributed by atoms with Crippen LogP contribution < -0.4 is 14.5 Å². The van der Waals surface area contributed by atoms with Crippen LogP contribution in [0.15, 0.2) is 122 Å². The zero-order chi connectivity index (χ0) is 28.9. The molecule has 0 bridgehead atoms. The topological polar surface area (TPSA) is 59.3 Å². The van der Waals surface area contributed by atoms with Crippen LogP contribution in [0.4, 0.5) is 17.1 Å². The molecule has 1 aliphatic rings. The molecule has 0 atom stereocenters. The quantitative estimate of drug-likeness (QED) is 0.211. The third-order valence-electron chi connectivity index (χ3n) is 8.15. The van der Waals surface area contributed by atoms with Gasteiger partial charge in [0.25, 0.3) is 0 Å². The largest absolute Gasteiger partial charge is 0.439 e. The van der Waals surface area contributed by atoms with Crippen molar-refractivity contribution in [2.75, 3.05) is 23.5 Å². The molecule has 1 aliphatic heterocycles. The number of hydrogen-bond donors (Lipinski definition) is 0. The SMILES string of the molecule is Cc1cc(-n2c3ccccc3c3ccc(Oc4cc(N5CN(C)c6ccccc65)ccn4)cc32)ncc1-c1ccncc1. The van der Waals surface area contributed by atoms with E-state index in [4.69, 9.17) is 9.72 Å². The van der Waals surface area contributed by atoms with Crippen LogP contribution in [-0.4, -0.2) is 33.2 Å². The highest BCUT2D eigenvalue weighted by Crippen LogP contribution is 2.41. The molecule has 0 fully saturated rings. The molecule has 0 unspecified atom stereocenters. The maximum atomic E-state index is 6.40. The maximum Gasteiger partial charge on any atom is 0.221 e. The molecular weight excluding hydrogens is 532 g/mol. The zero-order valence-electron chi connectivity index (χ0n) is 23.8. The van der Waals surface area contributed by atoms with Gasteiger partial charge in [-0.15, -0.1) is 0 Å². The number of aromatic nitrogens is 4. The monoisotopic (exact) mass is 560 g/mol. The van der Waals surface area contributed by atoms with Crippen molar-refractivity contribution in [2.24, 2.45) is 0 Å². The van der Waals surface area contributed by atoms with E-state index in [2.05, 4.69) is 105 Å². The van der Waals surface area contributed by atoms with Gasteiger partial charge in [0, 0.05) is 66.0 Å². The summed E-state index contributed by atoms with van der Waals surface area (Å²) >= 11 is 0. The lowest BCUT2D eigenvalue weighted by atomic mass is 10.0. The number of anilines is 3. The number of nitrogens with zero attached hydrogens (tertiary/aromatic N) is 6. The van der Waals surface area contributed by atoms with Crippen LogP contribution in [-0.2, 0) is 0 Å². The van der Waals surface area contributed by atoms with Gasteiger partial charge in [0.2, 0.25) is 5.88 Å². The van der Waals surface area contributed by atoms with E-state index in [1.807, 2.05) is 48.9 Å². The van der Waals surface area contributed by atoms with Crippen molar-refractivity contribution in [3.8, 4) is 28.6 Å². The van der Waals surface area contributed by atoms with E-state index in [0.717, 1.165) is 51.3 Å². The summed E-state index contributed by atoms with van der Waals surface area (Å²) in [6.45, 7) is 2.89. The van der Waals surface area contributed by atoms with Crippen LogP contribution in [0.25, 0.3) is 38.8 Å². The molecule has 0 spiro atoms. The molecule has 4 aromatic heterocycles.